The van der Waals surface area contributed by atoms with E-state index in [9.17, 15) is 13.2 Å². The smallest absolute Gasteiger partial charge is 0.243 e. The minimum atomic E-state index is -3.67. The predicted octanol–water partition coefficient (Wildman–Crippen LogP) is 4.31. The van der Waals surface area contributed by atoms with Crippen LogP contribution in [-0.4, -0.2) is 62.6 Å². The van der Waals surface area contributed by atoms with E-state index in [-0.39, 0.29) is 23.5 Å². The highest BCUT2D eigenvalue weighted by molar-refractivity contribution is 7.89. The molecule has 2 aromatic carbocycles. The molecule has 2 aliphatic heterocycles. The van der Waals surface area contributed by atoms with Crippen LogP contribution in [0, 0.1) is 5.92 Å². The van der Waals surface area contributed by atoms with Crippen molar-refractivity contribution in [3.8, 4) is 5.75 Å². The number of sulfonamides is 1. The van der Waals surface area contributed by atoms with Crippen LogP contribution < -0.4 is 9.64 Å². The first-order valence-electron chi connectivity index (χ1n) is 12.5. The van der Waals surface area contributed by atoms with Crippen LogP contribution in [0.5, 0.6) is 5.75 Å². The van der Waals surface area contributed by atoms with Gasteiger partial charge in [0.2, 0.25) is 15.9 Å². The Labute approximate surface area is 215 Å². The third kappa shape index (κ3) is 5.13. The molecule has 0 N–H and O–H groups in total. The molecule has 2 atom stereocenters. The lowest BCUT2D eigenvalue weighted by Gasteiger charge is -2.34. The molecular formula is C26H31N3O5S2. The lowest BCUT2D eigenvalue weighted by atomic mass is 9.98. The van der Waals surface area contributed by atoms with Gasteiger partial charge in [0.15, 0.2) is 5.13 Å². The lowest BCUT2D eigenvalue weighted by Crippen LogP contribution is -2.48. The van der Waals surface area contributed by atoms with Crippen LogP contribution in [0.25, 0.3) is 10.2 Å². The van der Waals surface area contributed by atoms with Gasteiger partial charge in [-0.3, -0.25) is 9.69 Å². The summed E-state index contributed by atoms with van der Waals surface area (Å²) < 4.78 is 40.5. The minimum absolute atomic E-state index is 0.0555. The molecule has 0 saturated carbocycles. The van der Waals surface area contributed by atoms with E-state index in [0.29, 0.717) is 50.0 Å². The van der Waals surface area contributed by atoms with Crippen molar-refractivity contribution in [2.45, 2.75) is 43.6 Å². The van der Waals surface area contributed by atoms with E-state index < -0.39 is 15.9 Å². The number of ether oxygens (including phenoxy) is 2. The van der Waals surface area contributed by atoms with Crippen molar-refractivity contribution in [1.29, 1.82) is 0 Å². The zero-order valence-corrected chi connectivity index (χ0v) is 22.0. The first-order valence-corrected chi connectivity index (χ1v) is 14.7. The highest BCUT2D eigenvalue weighted by atomic mass is 32.2. The van der Waals surface area contributed by atoms with Crippen LogP contribution in [0.15, 0.2) is 53.4 Å². The lowest BCUT2D eigenvalue weighted by molar-refractivity contribution is -0.123. The SMILES string of the molecule is CCOc1cccc2sc(N(CC3CCCO3)C(=O)C3CCCN(S(=O)(=O)c4ccccc4)C3)nc12. The van der Waals surface area contributed by atoms with Crippen LogP contribution in [0.4, 0.5) is 5.13 Å². The number of amides is 1. The van der Waals surface area contributed by atoms with Crippen LogP contribution in [0.3, 0.4) is 0 Å². The second-order valence-corrected chi connectivity index (χ2v) is 12.1. The van der Waals surface area contributed by atoms with Gasteiger partial charge in [-0.2, -0.15) is 4.31 Å². The molecule has 2 saturated heterocycles. The zero-order valence-electron chi connectivity index (χ0n) is 20.3. The predicted molar refractivity (Wildman–Crippen MR) is 140 cm³/mol. The van der Waals surface area contributed by atoms with Gasteiger partial charge in [-0.1, -0.05) is 35.6 Å². The van der Waals surface area contributed by atoms with E-state index in [1.165, 1.54) is 15.6 Å². The highest BCUT2D eigenvalue weighted by Gasteiger charge is 2.37. The average Bonchev–Trinajstić information content (AvgIpc) is 3.58. The first kappa shape index (κ1) is 25.1. The number of para-hydroxylation sites is 1. The summed E-state index contributed by atoms with van der Waals surface area (Å²) in [5, 5.41) is 0.598. The number of nitrogens with zero attached hydrogens (tertiary/aromatic N) is 3. The number of aromatic nitrogens is 1. The number of thiazole rings is 1. The van der Waals surface area contributed by atoms with E-state index in [4.69, 9.17) is 14.5 Å². The number of benzene rings is 2. The van der Waals surface area contributed by atoms with Crippen molar-refractivity contribution in [3.05, 3.63) is 48.5 Å². The molecule has 8 nitrogen and oxygen atoms in total. The van der Waals surface area contributed by atoms with Crippen molar-refractivity contribution in [2.24, 2.45) is 5.92 Å². The number of hydrogen-bond donors (Lipinski definition) is 0. The summed E-state index contributed by atoms with van der Waals surface area (Å²) in [6, 6.07) is 14.2. The fourth-order valence-corrected chi connectivity index (χ4v) is 7.42. The number of carbonyl (C=O) groups is 1. The van der Waals surface area contributed by atoms with Gasteiger partial charge in [0.1, 0.15) is 11.3 Å². The zero-order chi connectivity index (χ0) is 25.1. The number of carbonyl (C=O) groups excluding carboxylic acids is 1. The summed E-state index contributed by atoms with van der Waals surface area (Å²) in [4.78, 5) is 20.8. The molecule has 1 aromatic heterocycles. The Morgan fingerprint density at radius 2 is 2.00 bits per heavy atom. The normalized spacial score (nSPS) is 21.0. The van der Waals surface area contributed by atoms with E-state index in [2.05, 4.69) is 0 Å². The van der Waals surface area contributed by atoms with Crippen molar-refractivity contribution >= 4 is 42.6 Å². The maximum Gasteiger partial charge on any atom is 0.243 e. The fraction of sp³-hybridized carbons (Fsp3) is 0.462. The van der Waals surface area contributed by atoms with Crippen molar-refractivity contribution in [3.63, 3.8) is 0 Å². The van der Waals surface area contributed by atoms with Crippen molar-refractivity contribution in [1.82, 2.24) is 9.29 Å². The Morgan fingerprint density at radius 1 is 1.17 bits per heavy atom. The summed E-state index contributed by atoms with van der Waals surface area (Å²) in [6.07, 6.45) is 3.06. The molecule has 3 aromatic rings. The van der Waals surface area contributed by atoms with Gasteiger partial charge in [0.25, 0.3) is 0 Å². The molecule has 36 heavy (non-hydrogen) atoms. The number of hydrogen-bond acceptors (Lipinski definition) is 7. The monoisotopic (exact) mass is 529 g/mol. The Bertz CT molecular complexity index is 1310. The van der Waals surface area contributed by atoms with Gasteiger partial charge in [-0.25, -0.2) is 13.4 Å². The number of rotatable bonds is 8. The van der Waals surface area contributed by atoms with Crippen molar-refractivity contribution in [2.75, 3.05) is 37.7 Å². The summed E-state index contributed by atoms with van der Waals surface area (Å²) in [5.74, 6) is 0.146. The Hall–Kier alpha value is -2.53. The van der Waals surface area contributed by atoms with Crippen LogP contribution in [0.2, 0.25) is 0 Å². The molecule has 2 fully saturated rings. The highest BCUT2D eigenvalue weighted by Crippen LogP contribution is 2.36. The molecule has 192 valence electrons. The standard InChI is InChI=1S/C26H31N3O5S2/c1-2-33-22-13-6-14-23-24(22)27-26(35-23)29(18-20-10-8-16-34-20)25(30)19-9-7-15-28(17-19)36(31,32)21-11-4-3-5-12-21/h3-6,11-14,19-20H,2,7-10,15-18H2,1H3. The maximum atomic E-state index is 14.0. The molecule has 0 aliphatic carbocycles. The molecule has 5 rings (SSSR count). The summed E-state index contributed by atoms with van der Waals surface area (Å²) in [6.45, 7) is 4.12. The summed E-state index contributed by atoms with van der Waals surface area (Å²) in [5.41, 5.74) is 0.737. The number of fused-ring (bicyclic) bond motifs is 1. The molecule has 0 radical (unpaired) electrons. The third-order valence-electron chi connectivity index (χ3n) is 6.69. The molecular weight excluding hydrogens is 498 g/mol. The number of piperidine rings is 1. The van der Waals surface area contributed by atoms with E-state index in [1.807, 2.05) is 25.1 Å². The molecule has 0 spiro atoms. The fourth-order valence-electron chi connectivity index (χ4n) is 4.88. The summed E-state index contributed by atoms with van der Waals surface area (Å²) in [7, 11) is -3.67. The largest absolute Gasteiger partial charge is 0.492 e. The van der Waals surface area contributed by atoms with E-state index in [0.717, 1.165) is 23.1 Å². The van der Waals surface area contributed by atoms with Crippen LogP contribution in [-0.2, 0) is 19.6 Å². The Morgan fingerprint density at radius 3 is 2.75 bits per heavy atom. The van der Waals surface area contributed by atoms with Gasteiger partial charge in [0.05, 0.1) is 34.8 Å². The van der Waals surface area contributed by atoms with Gasteiger partial charge in [-0.15, -0.1) is 0 Å². The van der Waals surface area contributed by atoms with Gasteiger partial charge in [0, 0.05) is 19.7 Å². The van der Waals surface area contributed by atoms with Gasteiger partial charge in [-0.05, 0) is 56.9 Å². The minimum Gasteiger partial charge on any atom is -0.492 e. The second-order valence-electron chi connectivity index (χ2n) is 9.13. The topological polar surface area (TPSA) is 89.0 Å². The molecule has 2 aliphatic rings. The quantitative estimate of drug-likeness (QED) is 0.432. The van der Waals surface area contributed by atoms with Crippen molar-refractivity contribution < 1.29 is 22.7 Å². The first-order chi connectivity index (χ1) is 17.5. The van der Waals surface area contributed by atoms with Gasteiger partial charge >= 0.3 is 0 Å². The van der Waals surface area contributed by atoms with Crippen LogP contribution >= 0.6 is 11.3 Å². The molecule has 3 heterocycles. The molecule has 1 amide bonds. The third-order valence-corrected chi connectivity index (χ3v) is 9.61. The average molecular weight is 530 g/mol. The summed E-state index contributed by atoms with van der Waals surface area (Å²) >= 11 is 1.45. The molecule has 10 heteroatoms. The Balaban J connectivity index is 1.43. The van der Waals surface area contributed by atoms with Gasteiger partial charge < -0.3 is 9.47 Å². The number of anilines is 1. The van der Waals surface area contributed by atoms with Crippen LogP contribution in [0.1, 0.15) is 32.6 Å². The molecule has 2 unspecified atom stereocenters. The van der Waals surface area contributed by atoms with E-state index in [1.54, 1.807) is 35.2 Å². The second kappa shape index (κ2) is 10.8. The van der Waals surface area contributed by atoms with E-state index >= 15 is 0 Å². The maximum absolute atomic E-state index is 14.0. The Kier molecular flexibility index (Phi) is 7.57. The molecule has 0 bridgehead atoms.